The number of carbonyl (C=O) groups is 1. The van der Waals surface area contributed by atoms with Crippen LogP contribution in [-0.4, -0.2) is 26.7 Å². The van der Waals surface area contributed by atoms with Gasteiger partial charge in [-0.25, -0.2) is 0 Å². The normalized spacial score (nSPS) is 16.2. The van der Waals surface area contributed by atoms with Gasteiger partial charge in [0.15, 0.2) is 0 Å². The molecular formula is C23H26N4O. The van der Waals surface area contributed by atoms with Crippen molar-refractivity contribution in [2.24, 2.45) is 0 Å². The third-order valence-electron chi connectivity index (χ3n) is 5.34. The summed E-state index contributed by atoms with van der Waals surface area (Å²) in [6, 6.07) is 18.7. The Morgan fingerprint density at radius 2 is 1.89 bits per heavy atom. The van der Waals surface area contributed by atoms with Crippen LogP contribution in [0.5, 0.6) is 0 Å². The Hall–Kier alpha value is -2.95. The third-order valence-corrected chi connectivity index (χ3v) is 5.34. The minimum atomic E-state index is 0.0952. The van der Waals surface area contributed by atoms with E-state index in [1.54, 1.807) is 0 Å². The van der Waals surface area contributed by atoms with Crippen molar-refractivity contribution < 1.29 is 4.79 Å². The molecule has 1 N–H and O–H groups in total. The molecule has 1 amide bonds. The molecule has 0 saturated heterocycles. The van der Waals surface area contributed by atoms with Gasteiger partial charge in [0.25, 0.3) is 0 Å². The predicted molar refractivity (Wildman–Crippen MR) is 109 cm³/mol. The molecule has 4 rings (SSSR count). The van der Waals surface area contributed by atoms with Gasteiger partial charge in [0.05, 0.1) is 6.42 Å². The number of aryl methyl sites for hydroxylation is 2. The molecule has 1 aromatic heterocycles. The highest BCUT2D eigenvalue weighted by atomic mass is 16.1. The van der Waals surface area contributed by atoms with Crippen LogP contribution in [0.2, 0.25) is 0 Å². The fraction of sp³-hybridized carbons (Fsp3) is 0.348. The number of fused-ring (bicyclic) bond motifs is 1. The van der Waals surface area contributed by atoms with Gasteiger partial charge in [-0.05, 0) is 30.9 Å². The molecule has 2 aromatic carbocycles. The molecular weight excluding hydrogens is 348 g/mol. The molecule has 1 atom stereocenters. The number of aromatic nitrogens is 3. The van der Waals surface area contributed by atoms with Crippen molar-refractivity contribution >= 4 is 5.91 Å². The first kappa shape index (κ1) is 18.4. The quantitative estimate of drug-likeness (QED) is 0.746. The molecule has 28 heavy (non-hydrogen) atoms. The first-order chi connectivity index (χ1) is 13.7. The number of amides is 1. The zero-order valence-electron chi connectivity index (χ0n) is 16.3. The molecule has 3 aromatic rings. The zero-order chi connectivity index (χ0) is 19.3. The van der Waals surface area contributed by atoms with E-state index in [9.17, 15) is 4.79 Å². The van der Waals surface area contributed by atoms with Crippen LogP contribution in [0.4, 0.5) is 0 Å². The van der Waals surface area contributed by atoms with Crippen molar-refractivity contribution in [3.8, 4) is 0 Å². The van der Waals surface area contributed by atoms with Gasteiger partial charge in [-0.2, -0.15) is 0 Å². The molecule has 1 aliphatic heterocycles. The SMILES string of the molecule is Cc1cccc(CC(=O)NC2CCc3nnc(Cc4ccccc4)n3CC2)c1. The minimum Gasteiger partial charge on any atom is -0.353 e. The maximum atomic E-state index is 12.5. The highest BCUT2D eigenvalue weighted by Crippen LogP contribution is 2.17. The second kappa shape index (κ2) is 8.38. The molecule has 5 nitrogen and oxygen atoms in total. The Kier molecular flexibility index (Phi) is 5.51. The van der Waals surface area contributed by atoms with Crippen LogP contribution in [0.25, 0.3) is 0 Å². The van der Waals surface area contributed by atoms with E-state index in [1.165, 1.54) is 11.1 Å². The molecule has 1 unspecified atom stereocenters. The Bertz CT molecular complexity index is 948. The molecule has 0 radical (unpaired) electrons. The number of benzene rings is 2. The van der Waals surface area contributed by atoms with Crippen molar-refractivity contribution in [1.29, 1.82) is 0 Å². The van der Waals surface area contributed by atoms with E-state index in [0.29, 0.717) is 6.42 Å². The van der Waals surface area contributed by atoms with Gasteiger partial charge in [-0.15, -0.1) is 10.2 Å². The highest BCUT2D eigenvalue weighted by Gasteiger charge is 2.21. The minimum absolute atomic E-state index is 0.0952. The molecule has 5 heteroatoms. The second-order valence-electron chi connectivity index (χ2n) is 7.60. The van der Waals surface area contributed by atoms with E-state index in [0.717, 1.165) is 49.4 Å². The van der Waals surface area contributed by atoms with Crippen LogP contribution in [-0.2, 0) is 30.6 Å². The number of hydrogen-bond acceptors (Lipinski definition) is 3. The molecule has 0 bridgehead atoms. The van der Waals surface area contributed by atoms with Crippen LogP contribution in [0, 0.1) is 6.92 Å². The summed E-state index contributed by atoms with van der Waals surface area (Å²) in [4.78, 5) is 12.5. The van der Waals surface area contributed by atoms with Gasteiger partial charge in [-0.1, -0.05) is 60.2 Å². The number of hydrogen-bond donors (Lipinski definition) is 1. The van der Waals surface area contributed by atoms with Gasteiger partial charge in [0.2, 0.25) is 5.91 Å². The standard InChI is InChI=1S/C23H26N4O/c1-17-6-5-9-19(14-17)16-23(28)24-20-10-11-21-25-26-22(27(21)13-12-20)15-18-7-3-2-4-8-18/h2-9,14,20H,10-13,15-16H2,1H3,(H,24,28). The number of carbonyl (C=O) groups excluding carboxylic acids is 1. The predicted octanol–water partition coefficient (Wildman–Crippen LogP) is 3.24. The van der Waals surface area contributed by atoms with Crippen LogP contribution in [0.1, 0.15) is 41.2 Å². The summed E-state index contributed by atoms with van der Waals surface area (Å²) in [5, 5.41) is 12.0. The lowest BCUT2D eigenvalue weighted by molar-refractivity contribution is -0.121. The van der Waals surface area contributed by atoms with Gasteiger partial charge in [0.1, 0.15) is 11.6 Å². The number of nitrogens with zero attached hydrogens (tertiary/aromatic N) is 3. The lowest BCUT2D eigenvalue weighted by atomic mass is 10.1. The smallest absolute Gasteiger partial charge is 0.224 e. The van der Waals surface area contributed by atoms with E-state index in [2.05, 4.69) is 63.4 Å². The lowest BCUT2D eigenvalue weighted by Gasteiger charge is -2.16. The molecule has 2 heterocycles. The lowest BCUT2D eigenvalue weighted by Crippen LogP contribution is -2.36. The Labute approximate surface area is 165 Å². The summed E-state index contributed by atoms with van der Waals surface area (Å²) in [6.07, 6.45) is 3.88. The van der Waals surface area contributed by atoms with Crippen molar-refractivity contribution in [2.75, 3.05) is 0 Å². The average Bonchev–Trinajstić information content (AvgIpc) is 2.94. The van der Waals surface area contributed by atoms with E-state index in [4.69, 9.17) is 0 Å². The van der Waals surface area contributed by atoms with Crippen LogP contribution in [0.15, 0.2) is 54.6 Å². The fourth-order valence-corrected chi connectivity index (χ4v) is 3.89. The number of nitrogens with one attached hydrogen (secondary N) is 1. The van der Waals surface area contributed by atoms with Crippen LogP contribution < -0.4 is 5.32 Å². The summed E-state index contributed by atoms with van der Waals surface area (Å²) in [5.74, 6) is 2.13. The summed E-state index contributed by atoms with van der Waals surface area (Å²) < 4.78 is 2.24. The Morgan fingerprint density at radius 3 is 2.71 bits per heavy atom. The van der Waals surface area contributed by atoms with Crippen molar-refractivity contribution in [2.45, 2.75) is 51.6 Å². The van der Waals surface area contributed by atoms with Gasteiger partial charge in [-0.3, -0.25) is 4.79 Å². The van der Waals surface area contributed by atoms with Crippen LogP contribution >= 0.6 is 0 Å². The summed E-state index contributed by atoms with van der Waals surface area (Å²) >= 11 is 0. The summed E-state index contributed by atoms with van der Waals surface area (Å²) in [7, 11) is 0. The monoisotopic (exact) mass is 374 g/mol. The molecule has 144 valence electrons. The highest BCUT2D eigenvalue weighted by molar-refractivity contribution is 5.78. The largest absolute Gasteiger partial charge is 0.353 e. The van der Waals surface area contributed by atoms with E-state index in [-0.39, 0.29) is 11.9 Å². The van der Waals surface area contributed by atoms with E-state index >= 15 is 0 Å². The molecule has 1 aliphatic rings. The van der Waals surface area contributed by atoms with Gasteiger partial charge < -0.3 is 9.88 Å². The molecule has 0 spiro atoms. The average molecular weight is 374 g/mol. The molecule has 0 aliphatic carbocycles. The van der Waals surface area contributed by atoms with Gasteiger partial charge >= 0.3 is 0 Å². The van der Waals surface area contributed by atoms with E-state index < -0.39 is 0 Å². The summed E-state index contributed by atoms with van der Waals surface area (Å²) in [5.41, 5.74) is 3.49. The van der Waals surface area contributed by atoms with Crippen molar-refractivity contribution in [3.63, 3.8) is 0 Å². The summed E-state index contributed by atoms with van der Waals surface area (Å²) in [6.45, 7) is 2.90. The fourth-order valence-electron chi connectivity index (χ4n) is 3.89. The van der Waals surface area contributed by atoms with Crippen molar-refractivity contribution in [3.05, 3.63) is 82.9 Å². The van der Waals surface area contributed by atoms with Crippen molar-refractivity contribution in [1.82, 2.24) is 20.1 Å². The third kappa shape index (κ3) is 4.47. The molecule has 0 saturated carbocycles. The number of rotatable bonds is 5. The Morgan fingerprint density at radius 1 is 1.07 bits per heavy atom. The first-order valence-corrected chi connectivity index (χ1v) is 9.97. The second-order valence-corrected chi connectivity index (χ2v) is 7.60. The zero-order valence-corrected chi connectivity index (χ0v) is 16.3. The maximum absolute atomic E-state index is 12.5. The van der Waals surface area contributed by atoms with E-state index in [1.807, 2.05) is 18.2 Å². The molecule has 0 fully saturated rings. The first-order valence-electron chi connectivity index (χ1n) is 9.97. The van der Waals surface area contributed by atoms with Gasteiger partial charge in [0, 0.05) is 25.4 Å². The van der Waals surface area contributed by atoms with Crippen LogP contribution in [0.3, 0.4) is 0 Å². The topological polar surface area (TPSA) is 59.8 Å². The maximum Gasteiger partial charge on any atom is 0.224 e. The Balaban J connectivity index is 1.36.